The Hall–Kier alpha value is -1.49. The second-order valence-corrected chi connectivity index (χ2v) is 4.39. The molecule has 1 aromatic carbocycles. The molecular formula is C13H16F2N2O. The summed E-state index contributed by atoms with van der Waals surface area (Å²) in [5.74, 6) is -0.216. The van der Waals surface area contributed by atoms with E-state index in [0.717, 1.165) is 12.0 Å². The number of rotatable bonds is 5. The summed E-state index contributed by atoms with van der Waals surface area (Å²) in [7, 11) is 0. The van der Waals surface area contributed by atoms with Crippen LogP contribution >= 0.6 is 0 Å². The van der Waals surface area contributed by atoms with Crippen molar-refractivity contribution in [3.63, 3.8) is 0 Å². The summed E-state index contributed by atoms with van der Waals surface area (Å²) in [6, 6.07) is 9.49. The Balaban J connectivity index is 1.83. The van der Waals surface area contributed by atoms with Gasteiger partial charge in [-0.2, -0.15) is 0 Å². The highest BCUT2D eigenvalue weighted by molar-refractivity contribution is 5.83. The summed E-state index contributed by atoms with van der Waals surface area (Å²) in [4.78, 5) is 13.0. The molecule has 98 valence electrons. The second kappa shape index (κ2) is 5.91. The van der Waals surface area contributed by atoms with Gasteiger partial charge in [-0.25, -0.2) is 8.78 Å². The first-order valence-corrected chi connectivity index (χ1v) is 6.01. The zero-order valence-corrected chi connectivity index (χ0v) is 9.98. The molecule has 1 N–H and O–H groups in total. The van der Waals surface area contributed by atoms with E-state index < -0.39 is 13.0 Å². The number of alkyl halides is 2. The molecule has 5 heteroatoms. The Morgan fingerprint density at radius 2 is 2.06 bits per heavy atom. The third kappa shape index (κ3) is 3.26. The fourth-order valence-corrected chi connectivity index (χ4v) is 2.11. The Morgan fingerprint density at radius 1 is 1.33 bits per heavy atom. The summed E-state index contributed by atoms with van der Waals surface area (Å²) in [6.45, 7) is -0.254. The first-order chi connectivity index (χ1) is 8.66. The van der Waals surface area contributed by atoms with E-state index in [-0.39, 0.29) is 18.6 Å². The van der Waals surface area contributed by atoms with Crippen LogP contribution in [0.3, 0.4) is 0 Å². The number of aryl methyl sites for hydroxylation is 1. The van der Waals surface area contributed by atoms with Crippen molar-refractivity contribution in [2.75, 3.05) is 13.2 Å². The molecule has 0 bridgehead atoms. The maximum absolute atomic E-state index is 12.2. The normalized spacial score (nSPS) is 19.8. The number of amides is 1. The summed E-state index contributed by atoms with van der Waals surface area (Å²) < 4.78 is 24.4. The fraction of sp³-hybridized carbons (Fsp3) is 0.462. The topological polar surface area (TPSA) is 32.3 Å². The lowest BCUT2D eigenvalue weighted by Crippen LogP contribution is -2.33. The van der Waals surface area contributed by atoms with E-state index in [1.165, 1.54) is 4.90 Å². The Labute approximate surface area is 105 Å². The molecule has 1 aliphatic heterocycles. The predicted molar refractivity (Wildman–Crippen MR) is 64.3 cm³/mol. The molecule has 1 aliphatic rings. The van der Waals surface area contributed by atoms with Crippen LogP contribution in [-0.4, -0.2) is 36.5 Å². The molecular weight excluding hydrogens is 238 g/mol. The zero-order chi connectivity index (χ0) is 13.0. The average Bonchev–Trinajstić information content (AvgIpc) is 2.69. The molecule has 0 radical (unpaired) electrons. The highest BCUT2D eigenvalue weighted by Gasteiger charge is 2.31. The van der Waals surface area contributed by atoms with E-state index in [1.54, 1.807) is 0 Å². The van der Waals surface area contributed by atoms with Crippen molar-refractivity contribution in [2.24, 2.45) is 0 Å². The van der Waals surface area contributed by atoms with Crippen molar-refractivity contribution in [1.82, 2.24) is 10.2 Å². The number of halogens is 2. The van der Waals surface area contributed by atoms with Gasteiger partial charge in [-0.1, -0.05) is 30.3 Å². The van der Waals surface area contributed by atoms with Gasteiger partial charge in [0.05, 0.1) is 19.3 Å². The predicted octanol–water partition coefficient (Wildman–Crippen LogP) is 1.64. The molecule has 1 heterocycles. The molecule has 1 amide bonds. The van der Waals surface area contributed by atoms with Crippen molar-refractivity contribution < 1.29 is 13.6 Å². The smallest absolute Gasteiger partial charge is 0.255 e. The number of nitrogens with one attached hydrogen (secondary N) is 1. The van der Waals surface area contributed by atoms with Gasteiger partial charge in [-0.15, -0.1) is 0 Å². The Bertz CT molecular complexity index is 397. The standard InChI is InChI=1S/C13H16F2N2O/c14-12(15)8-17-9-16-11(13(17)18)7-6-10-4-2-1-3-5-10/h1-5,11-12,16H,6-9H2. The minimum absolute atomic E-state index is 0.216. The molecule has 1 saturated heterocycles. The minimum atomic E-state index is -2.47. The third-order valence-electron chi connectivity index (χ3n) is 3.06. The fourth-order valence-electron chi connectivity index (χ4n) is 2.11. The molecule has 1 unspecified atom stereocenters. The van der Waals surface area contributed by atoms with E-state index in [9.17, 15) is 13.6 Å². The van der Waals surface area contributed by atoms with E-state index in [0.29, 0.717) is 6.42 Å². The number of carbonyl (C=O) groups is 1. The van der Waals surface area contributed by atoms with Crippen molar-refractivity contribution in [1.29, 1.82) is 0 Å². The molecule has 1 atom stereocenters. The van der Waals surface area contributed by atoms with Crippen LogP contribution in [0.25, 0.3) is 0 Å². The Kier molecular flexibility index (Phi) is 4.25. The third-order valence-corrected chi connectivity index (χ3v) is 3.06. The van der Waals surface area contributed by atoms with Gasteiger partial charge in [0.25, 0.3) is 6.43 Å². The highest BCUT2D eigenvalue weighted by Crippen LogP contribution is 2.12. The molecule has 1 fully saturated rings. The van der Waals surface area contributed by atoms with Crippen LogP contribution in [0.2, 0.25) is 0 Å². The van der Waals surface area contributed by atoms with Crippen molar-refractivity contribution in [3.05, 3.63) is 35.9 Å². The van der Waals surface area contributed by atoms with Gasteiger partial charge >= 0.3 is 0 Å². The van der Waals surface area contributed by atoms with Gasteiger partial charge in [-0.3, -0.25) is 10.1 Å². The Morgan fingerprint density at radius 3 is 2.72 bits per heavy atom. The van der Waals surface area contributed by atoms with Gasteiger partial charge in [-0.05, 0) is 18.4 Å². The maximum Gasteiger partial charge on any atom is 0.255 e. The van der Waals surface area contributed by atoms with E-state index in [2.05, 4.69) is 5.32 Å². The maximum atomic E-state index is 12.2. The number of hydrogen-bond donors (Lipinski definition) is 1. The minimum Gasteiger partial charge on any atom is -0.323 e. The highest BCUT2D eigenvalue weighted by atomic mass is 19.3. The van der Waals surface area contributed by atoms with Gasteiger partial charge in [0.15, 0.2) is 0 Å². The lowest BCUT2D eigenvalue weighted by molar-refractivity contribution is -0.130. The average molecular weight is 254 g/mol. The summed E-state index contributed by atoms with van der Waals surface area (Å²) >= 11 is 0. The molecule has 1 aromatic rings. The van der Waals surface area contributed by atoms with Crippen LogP contribution < -0.4 is 5.32 Å². The summed E-state index contributed by atoms with van der Waals surface area (Å²) in [5.41, 5.74) is 1.15. The molecule has 18 heavy (non-hydrogen) atoms. The largest absolute Gasteiger partial charge is 0.323 e. The van der Waals surface area contributed by atoms with E-state index in [1.807, 2.05) is 30.3 Å². The van der Waals surface area contributed by atoms with E-state index in [4.69, 9.17) is 0 Å². The molecule has 0 saturated carbocycles. The zero-order valence-electron chi connectivity index (χ0n) is 9.98. The van der Waals surface area contributed by atoms with Gasteiger partial charge < -0.3 is 4.90 Å². The number of nitrogens with zero attached hydrogens (tertiary/aromatic N) is 1. The monoisotopic (exact) mass is 254 g/mol. The number of carbonyl (C=O) groups excluding carboxylic acids is 1. The quantitative estimate of drug-likeness (QED) is 0.866. The molecule has 0 aromatic heterocycles. The van der Waals surface area contributed by atoms with Crippen LogP contribution in [0, 0.1) is 0 Å². The van der Waals surface area contributed by atoms with Crippen molar-refractivity contribution in [3.8, 4) is 0 Å². The lowest BCUT2D eigenvalue weighted by Gasteiger charge is -2.14. The van der Waals surface area contributed by atoms with Crippen LogP contribution in [0.4, 0.5) is 8.78 Å². The molecule has 2 rings (SSSR count). The van der Waals surface area contributed by atoms with Crippen LogP contribution in [0.1, 0.15) is 12.0 Å². The van der Waals surface area contributed by atoms with Crippen LogP contribution in [0.15, 0.2) is 30.3 Å². The molecule has 3 nitrogen and oxygen atoms in total. The summed E-state index contributed by atoms with van der Waals surface area (Å²) in [5, 5.41) is 2.98. The van der Waals surface area contributed by atoms with Gasteiger partial charge in [0.1, 0.15) is 0 Å². The first-order valence-electron chi connectivity index (χ1n) is 6.01. The number of hydrogen-bond acceptors (Lipinski definition) is 2. The molecule has 0 spiro atoms. The summed E-state index contributed by atoms with van der Waals surface area (Å²) in [6.07, 6.45) is -1.06. The van der Waals surface area contributed by atoms with Crippen molar-refractivity contribution >= 4 is 5.91 Å². The first kappa shape index (κ1) is 13.0. The van der Waals surface area contributed by atoms with Gasteiger partial charge in [0.2, 0.25) is 5.91 Å². The lowest BCUT2D eigenvalue weighted by atomic mass is 10.1. The van der Waals surface area contributed by atoms with Gasteiger partial charge in [0, 0.05) is 0 Å². The van der Waals surface area contributed by atoms with Crippen molar-refractivity contribution in [2.45, 2.75) is 25.3 Å². The van der Waals surface area contributed by atoms with E-state index >= 15 is 0 Å². The molecule has 0 aliphatic carbocycles. The van der Waals surface area contributed by atoms with Crippen LogP contribution in [0.5, 0.6) is 0 Å². The second-order valence-electron chi connectivity index (χ2n) is 4.39. The SMILES string of the molecule is O=C1C(CCc2ccccc2)NCN1CC(F)F. The number of benzene rings is 1. The van der Waals surface area contributed by atoms with Crippen LogP contribution in [-0.2, 0) is 11.2 Å².